The van der Waals surface area contributed by atoms with E-state index in [-0.39, 0.29) is 11.9 Å². The first-order valence-corrected chi connectivity index (χ1v) is 6.59. The van der Waals surface area contributed by atoms with Gasteiger partial charge in [0, 0.05) is 19.4 Å². The number of hydrogen-bond acceptors (Lipinski definition) is 3. The van der Waals surface area contributed by atoms with E-state index in [9.17, 15) is 4.79 Å². The number of nitrogens with one attached hydrogen (secondary N) is 1. The summed E-state index contributed by atoms with van der Waals surface area (Å²) in [7, 11) is 1.91. The Balaban J connectivity index is 2.39. The van der Waals surface area contributed by atoms with Crippen LogP contribution in [0.4, 0.5) is 0 Å². The van der Waals surface area contributed by atoms with Crippen LogP contribution in [0.5, 0.6) is 0 Å². The number of aromatic nitrogens is 2. The second-order valence-electron chi connectivity index (χ2n) is 5.04. The number of nitrogens with two attached hydrogens (primary N) is 1. The Morgan fingerprint density at radius 1 is 1.45 bits per heavy atom. The number of hydrogen-bond donors (Lipinski definition) is 2. The lowest BCUT2D eigenvalue weighted by Gasteiger charge is -2.20. The molecule has 106 valence electrons. The molecule has 20 heavy (non-hydrogen) atoms. The molecule has 0 aliphatic heterocycles. The molecule has 5 heteroatoms. The van der Waals surface area contributed by atoms with Crippen molar-refractivity contribution in [2.45, 2.75) is 25.9 Å². The molecule has 2 unspecified atom stereocenters. The molecule has 0 saturated heterocycles. The number of nitrogens with zero attached hydrogens (tertiary/aromatic N) is 2. The van der Waals surface area contributed by atoms with Crippen molar-refractivity contribution < 1.29 is 4.79 Å². The number of benzene rings is 1. The molecule has 1 aromatic heterocycles. The highest BCUT2D eigenvalue weighted by atomic mass is 16.2. The van der Waals surface area contributed by atoms with Crippen LogP contribution in [0.1, 0.15) is 29.9 Å². The first kappa shape index (κ1) is 14.3. The maximum atomic E-state index is 11.9. The van der Waals surface area contributed by atoms with Gasteiger partial charge in [-0.1, -0.05) is 29.8 Å². The molecule has 0 saturated carbocycles. The monoisotopic (exact) mass is 272 g/mol. The molecule has 0 spiro atoms. The van der Waals surface area contributed by atoms with Crippen molar-refractivity contribution in [2.24, 2.45) is 12.8 Å². The SMILES string of the molecule is Cc1cccc(C(NC(=O)C(C)N)c2nccn2C)c1. The van der Waals surface area contributed by atoms with Crippen molar-refractivity contribution in [3.63, 3.8) is 0 Å². The van der Waals surface area contributed by atoms with E-state index in [0.29, 0.717) is 0 Å². The van der Waals surface area contributed by atoms with Gasteiger partial charge in [-0.3, -0.25) is 4.79 Å². The van der Waals surface area contributed by atoms with Crippen LogP contribution < -0.4 is 11.1 Å². The van der Waals surface area contributed by atoms with Crippen molar-refractivity contribution in [1.82, 2.24) is 14.9 Å². The Morgan fingerprint density at radius 2 is 2.20 bits per heavy atom. The molecule has 2 aromatic rings. The predicted molar refractivity (Wildman–Crippen MR) is 78.0 cm³/mol. The lowest BCUT2D eigenvalue weighted by Crippen LogP contribution is -2.41. The molecule has 0 radical (unpaired) electrons. The topological polar surface area (TPSA) is 72.9 Å². The molecular weight excluding hydrogens is 252 g/mol. The minimum atomic E-state index is -0.553. The van der Waals surface area contributed by atoms with Crippen LogP contribution in [-0.4, -0.2) is 21.5 Å². The third-order valence-electron chi connectivity index (χ3n) is 3.19. The van der Waals surface area contributed by atoms with Gasteiger partial charge in [-0.25, -0.2) is 4.98 Å². The molecule has 1 aromatic carbocycles. The van der Waals surface area contributed by atoms with Crippen LogP contribution in [0, 0.1) is 6.92 Å². The van der Waals surface area contributed by atoms with E-state index in [2.05, 4.69) is 10.3 Å². The van der Waals surface area contributed by atoms with E-state index in [1.165, 1.54) is 0 Å². The van der Waals surface area contributed by atoms with E-state index >= 15 is 0 Å². The van der Waals surface area contributed by atoms with Crippen molar-refractivity contribution in [3.8, 4) is 0 Å². The zero-order chi connectivity index (χ0) is 14.7. The summed E-state index contributed by atoms with van der Waals surface area (Å²) in [6, 6.07) is 7.16. The number of carbonyl (C=O) groups excluding carboxylic acids is 1. The Bertz CT molecular complexity index is 603. The van der Waals surface area contributed by atoms with Crippen LogP contribution in [-0.2, 0) is 11.8 Å². The third-order valence-corrected chi connectivity index (χ3v) is 3.19. The maximum absolute atomic E-state index is 11.9. The largest absolute Gasteiger partial charge is 0.341 e. The molecule has 2 atom stereocenters. The molecule has 0 fully saturated rings. The molecule has 0 aliphatic carbocycles. The average molecular weight is 272 g/mol. The van der Waals surface area contributed by atoms with E-state index in [0.717, 1.165) is 17.0 Å². The van der Waals surface area contributed by atoms with E-state index in [4.69, 9.17) is 5.73 Å². The van der Waals surface area contributed by atoms with Gasteiger partial charge in [-0.2, -0.15) is 0 Å². The van der Waals surface area contributed by atoms with E-state index < -0.39 is 6.04 Å². The van der Waals surface area contributed by atoms with Gasteiger partial charge >= 0.3 is 0 Å². The summed E-state index contributed by atoms with van der Waals surface area (Å²) in [5.74, 6) is 0.587. The van der Waals surface area contributed by atoms with Crippen LogP contribution in [0.15, 0.2) is 36.7 Å². The summed E-state index contributed by atoms with van der Waals surface area (Å²) in [6.07, 6.45) is 3.58. The number of amides is 1. The summed E-state index contributed by atoms with van der Waals surface area (Å²) >= 11 is 0. The summed E-state index contributed by atoms with van der Waals surface area (Å²) in [4.78, 5) is 16.3. The fourth-order valence-corrected chi connectivity index (χ4v) is 2.08. The molecule has 0 aliphatic rings. The highest BCUT2D eigenvalue weighted by molar-refractivity contribution is 5.81. The summed E-state index contributed by atoms with van der Waals surface area (Å²) < 4.78 is 1.90. The zero-order valence-electron chi connectivity index (χ0n) is 12.0. The average Bonchev–Trinajstić information content (AvgIpc) is 2.81. The van der Waals surface area contributed by atoms with Gasteiger partial charge < -0.3 is 15.6 Å². The van der Waals surface area contributed by atoms with Gasteiger partial charge in [-0.15, -0.1) is 0 Å². The first-order valence-electron chi connectivity index (χ1n) is 6.59. The summed E-state index contributed by atoms with van der Waals surface area (Å²) in [6.45, 7) is 3.69. The summed E-state index contributed by atoms with van der Waals surface area (Å²) in [5.41, 5.74) is 7.77. The van der Waals surface area contributed by atoms with Gasteiger partial charge in [0.25, 0.3) is 0 Å². The maximum Gasteiger partial charge on any atom is 0.237 e. The second kappa shape index (κ2) is 5.88. The number of carbonyl (C=O) groups is 1. The normalized spacial score (nSPS) is 13.8. The highest BCUT2D eigenvalue weighted by Gasteiger charge is 2.22. The van der Waals surface area contributed by atoms with Gasteiger partial charge in [-0.05, 0) is 19.4 Å². The minimum absolute atomic E-state index is 0.195. The smallest absolute Gasteiger partial charge is 0.237 e. The van der Waals surface area contributed by atoms with Crippen LogP contribution in [0.2, 0.25) is 0 Å². The Hall–Kier alpha value is -2.14. The number of rotatable bonds is 4. The van der Waals surface area contributed by atoms with Crippen LogP contribution >= 0.6 is 0 Å². The highest BCUT2D eigenvalue weighted by Crippen LogP contribution is 2.21. The predicted octanol–water partition coefficient (Wildman–Crippen LogP) is 1.28. The number of imidazole rings is 1. The molecule has 1 amide bonds. The fraction of sp³-hybridized carbons (Fsp3) is 0.333. The molecule has 5 nitrogen and oxygen atoms in total. The van der Waals surface area contributed by atoms with Crippen molar-refractivity contribution >= 4 is 5.91 Å². The Labute approximate surface area is 118 Å². The molecule has 3 N–H and O–H groups in total. The molecule has 2 rings (SSSR count). The van der Waals surface area contributed by atoms with Crippen molar-refractivity contribution in [2.75, 3.05) is 0 Å². The van der Waals surface area contributed by atoms with Gasteiger partial charge in [0.1, 0.15) is 11.9 Å². The van der Waals surface area contributed by atoms with E-state index in [1.807, 2.05) is 49.0 Å². The number of aryl methyl sites for hydroxylation is 2. The van der Waals surface area contributed by atoms with Crippen molar-refractivity contribution in [3.05, 3.63) is 53.6 Å². The minimum Gasteiger partial charge on any atom is -0.341 e. The molecule has 1 heterocycles. The van der Waals surface area contributed by atoms with E-state index in [1.54, 1.807) is 13.1 Å². The Morgan fingerprint density at radius 3 is 2.75 bits per heavy atom. The van der Waals surface area contributed by atoms with Gasteiger partial charge in [0.15, 0.2) is 0 Å². The third kappa shape index (κ3) is 3.05. The standard InChI is InChI=1S/C15H20N4O/c1-10-5-4-6-12(9-10)13(18-15(20)11(2)16)14-17-7-8-19(14)3/h4-9,11,13H,16H2,1-3H3,(H,18,20). The fourth-order valence-electron chi connectivity index (χ4n) is 2.08. The van der Waals surface area contributed by atoms with Crippen LogP contribution in [0.3, 0.4) is 0 Å². The lowest BCUT2D eigenvalue weighted by molar-refractivity contribution is -0.122. The Kier molecular flexibility index (Phi) is 4.20. The second-order valence-corrected chi connectivity index (χ2v) is 5.04. The molecule has 0 bridgehead atoms. The lowest BCUT2D eigenvalue weighted by atomic mass is 10.0. The zero-order valence-corrected chi connectivity index (χ0v) is 12.0. The quantitative estimate of drug-likeness (QED) is 0.880. The van der Waals surface area contributed by atoms with Gasteiger partial charge in [0.2, 0.25) is 5.91 Å². The van der Waals surface area contributed by atoms with Gasteiger partial charge in [0.05, 0.1) is 6.04 Å². The summed E-state index contributed by atoms with van der Waals surface area (Å²) in [5, 5.41) is 2.96. The van der Waals surface area contributed by atoms with Crippen LogP contribution in [0.25, 0.3) is 0 Å². The molecular formula is C15H20N4O. The van der Waals surface area contributed by atoms with Crippen molar-refractivity contribution in [1.29, 1.82) is 0 Å². The first-order chi connectivity index (χ1) is 9.49.